The second-order valence-electron chi connectivity index (χ2n) is 5.66. The highest BCUT2D eigenvalue weighted by Crippen LogP contribution is 2.25. The highest BCUT2D eigenvalue weighted by Gasteiger charge is 2.45. The number of ether oxygens (including phenoxy) is 1. The number of nitrogens with zero attached hydrogens (tertiary/aromatic N) is 1. The third-order valence-electron chi connectivity index (χ3n) is 4.21. The molecular weight excluding hydrogens is 248 g/mol. The maximum absolute atomic E-state index is 12.4. The first-order chi connectivity index (χ1) is 8.96. The molecule has 6 heteroatoms. The van der Waals surface area contributed by atoms with Gasteiger partial charge in [0.15, 0.2) is 5.54 Å². The Labute approximate surface area is 113 Å². The summed E-state index contributed by atoms with van der Waals surface area (Å²) in [6.07, 6.45) is 3.37. The molecular formula is C13H22N2O4. The summed E-state index contributed by atoms with van der Waals surface area (Å²) in [5, 5.41) is 12.0. The molecule has 2 saturated heterocycles. The van der Waals surface area contributed by atoms with Gasteiger partial charge in [-0.1, -0.05) is 0 Å². The number of likely N-dealkylation sites (tertiary alicyclic amines) is 1. The van der Waals surface area contributed by atoms with Crippen LogP contribution in [0.1, 0.15) is 39.5 Å². The molecule has 3 unspecified atom stereocenters. The van der Waals surface area contributed by atoms with Crippen LogP contribution < -0.4 is 5.32 Å². The van der Waals surface area contributed by atoms with Gasteiger partial charge in [-0.05, 0) is 33.1 Å². The van der Waals surface area contributed by atoms with Crippen LogP contribution in [-0.2, 0) is 9.53 Å². The van der Waals surface area contributed by atoms with E-state index in [4.69, 9.17) is 4.74 Å². The number of piperidine rings is 1. The second kappa shape index (κ2) is 5.36. The van der Waals surface area contributed by atoms with Crippen molar-refractivity contribution in [2.24, 2.45) is 0 Å². The average Bonchev–Trinajstić information content (AvgIpc) is 2.78. The van der Waals surface area contributed by atoms with Crippen molar-refractivity contribution in [3.05, 3.63) is 0 Å². The predicted octanol–water partition coefficient (Wildman–Crippen LogP) is 1.20. The minimum Gasteiger partial charge on any atom is -0.479 e. The van der Waals surface area contributed by atoms with E-state index in [0.717, 1.165) is 19.3 Å². The molecule has 0 spiro atoms. The Balaban J connectivity index is 2.08. The zero-order valence-corrected chi connectivity index (χ0v) is 11.5. The van der Waals surface area contributed by atoms with Gasteiger partial charge in [0.1, 0.15) is 0 Å². The summed E-state index contributed by atoms with van der Waals surface area (Å²) in [6, 6.07) is 0.0152. The van der Waals surface area contributed by atoms with Gasteiger partial charge in [-0.3, -0.25) is 0 Å². The number of urea groups is 1. The largest absolute Gasteiger partial charge is 0.479 e. The predicted molar refractivity (Wildman–Crippen MR) is 68.9 cm³/mol. The molecule has 2 aliphatic rings. The molecule has 6 nitrogen and oxygen atoms in total. The first-order valence-corrected chi connectivity index (χ1v) is 6.88. The van der Waals surface area contributed by atoms with E-state index in [1.54, 1.807) is 4.90 Å². The molecule has 108 valence electrons. The van der Waals surface area contributed by atoms with Gasteiger partial charge in [0.05, 0.1) is 6.61 Å². The average molecular weight is 270 g/mol. The lowest BCUT2D eigenvalue weighted by Gasteiger charge is -2.40. The van der Waals surface area contributed by atoms with Crippen LogP contribution in [0.15, 0.2) is 0 Å². The van der Waals surface area contributed by atoms with E-state index >= 15 is 0 Å². The fourth-order valence-corrected chi connectivity index (χ4v) is 2.98. The summed E-state index contributed by atoms with van der Waals surface area (Å²) < 4.78 is 5.15. The van der Waals surface area contributed by atoms with Gasteiger partial charge in [0, 0.05) is 25.1 Å². The van der Waals surface area contributed by atoms with Gasteiger partial charge in [-0.2, -0.15) is 0 Å². The lowest BCUT2D eigenvalue weighted by Crippen LogP contribution is -2.61. The monoisotopic (exact) mass is 270 g/mol. The van der Waals surface area contributed by atoms with Gasteiger partial charge in [0.2, 0.25) is 0 Å². The van der Waals surface area contributed by atoms with Crippen molar-refractivity contribution in [1.29, 1.82) is 0 Å². The Morgan fingerprint density at radius 1 is 1.32 bits per heavy atom. The van der Waals surface area contributed by atoms with Gasteiger partial charge in [0.25, 0.3) is 0 Å². The van der Waals surface area contributed by atoms with Crippen LogP contribution in [0.5, 0.6) is 0 Å². The molecule has 0 aromatic heterocycles. The van der Waals surface area contributed by atoms with Crippen LogP contribution in [0.25, 0.3) is 0 Å². The molecule has 2 amide bonds. The summed E-state index contributed by atoms with van der Waals surface area (Å²) in [6.45, 7) is 4.43. The highest BCUT2D eigenvalue weighted by molar-refractivity contribution is 5.87. The van der Waals surface area contributed by atoms with E-state index < -0.39 is 11.5 Å². The molecule has 2 fully saturated rings. The van der Waals surface area contributed by atoms with Crippen LogP contribution in [0.2, 0.25) is 0 Å². The van der Waals surface area contributed by atoms with Crippen molar-refractivity contribution in [3.8, 4) is 0 Å². The number of nitrogens with one attached hydrogen (secondary N) is 1. The number of aliphatic carboxylic acids is 1. The van der Waals surface area contributed by atoms with Crippen LogP contribution >= 0.6 is 0 Å². The third-order valence-corrected chi connectivity index (χ3v) is 4.21. The number of carbonyl (C=O) groups is 2. The molecule has 2 heterocycles. The van der Waals surface area contributed by atoms with Crippen LogP contribution in [-0.4, -0.2) is 52.8 Å². The van der Waals surface area contributed by atoms with Crippen LogP contribution in [0.4, 0.5) is 4.79 Å². The fourth-order valence-electron chi connectivity index (χ4n) is 2.98. The Hall–Kier alpha value is -1.30. The Morgan fingerprint density at radius 2 is 1.95 bits per heavy atom. The summed E-state index contributed by atoms with van der Waals surface area (Å²) in [7, 11) is 0. The van der Waals surface area contributed by atoms with E-state index in [-0.39, 0.29) is 24.7 Å². The van der Waals surface area contributed by atoms with Gasteiger partial charge >= 0.3 is 12.0 Å². The zero-order chi connectivity index (χ0) is 14.0. The minimum atomic E-state index is -1.26. The van der Waals surface area contributed by atoms with Crippen molar-refractivity contribution in [1.82, 2.24) is 10.2 Å². The SMILES string of the molecule is CC1CCCC(C)N1C(=O)NC1(C(=O)O)CCOC1. The van der Waals surface area contributed by atoms with Gasteiger partial charge in [-0.15, -0.1) is 0 Å². The Kier molecular flexibility index (Phi) is 3.99. The molecule has 0 aromatic rings. The lowest BCUT2D eigenvalue weighted by atomic mass is 9.96. The van der Waals surface area contributed by atoms with Crippen LogP contribution in [0.3, 0.4) is 0 Å². The molecule has 0 aliphatic carbocycles. The van der Waals surface area contributed by atoms with E-state index in [1.807, 2.05) is 13.8 Å². The van der Waals surface area contributed by atoms with Crippen molar-refractivity contribution in [2.45, 2.75) is 57.2 Å². The number of carboxylic acids is 1. The van der Waals surface area contributed by atoms with Gasteiger partial charge in [-0.25, -0.2) is 9.59 Å². The molecule has 3 atom stereocenters. The van der Waals surface area contributed by atoms with Crippen molar-refractivity contribution in [3.63, 3.8) is 0 Å². The molecule has 0 saturated carbocycles. The first kappa shape index (κ1) is 14.1. The highest BCUT2D eigenvalue weighted by atomic mass is 16.5. The standard InChI is InChI=1S/C13H22N2O4/c1-9-4-3-5-10(2)15(9)12(18)14-13(11(16)17)6-7-19-8-13/h9-10H,3-8H2,1-2H3,(H,14,18)(H,16,17). The molecule has 0 radical (unpaired) electrons. The quantitative estimate of drug-likeness (QED) is 0.790. The topological polar surface area (TPSA) is 78.9 Å². The number of amides is 2. The number of hydrogen-bond donors (Lipinski definition) is 2. The van der Waals surface area contributed by atoms with Crippen molar-refractivity contribution in [2.75, 3.05) is 13.2 Å². The normalized spacial score (nSPS) is 35.2. The zero-order valence-electron chi connectivity index (χ0n) is 11.5. The molecule has 0 bridgehead atoms. The summed E-state index contributed by atoms with van der Waals surface area (Å²) in [5.41, 5.74) is -1.26. The summed E-state index contributed by atoms with van der Waals surface area (Å²) in [5.74, 6) is -1.02. The second-order valence-corrected chi connectivity index (χ2v) is 5.66. The summed E-state index contributed by atoms with van der Waals surface area (Å²) >= 11 is 0. The smallest absolute Gasteiger partial charge is 0.332 e. The van der Waals surface area contributed by atoms with E-state index in [2.05, 4.69) is 5.32 Å². The van der Waals surface area contributed by atoms with E-state index in [0.29, 0.717) is 13.0 Å². The fraction of sp³-hybridized carbons (Fsp3) is 0.846. The Bertz CT molecular complexity index is 356. The maximum atomic E-state index is 12.4. The maximum Gasteiger partial charge on any atom is 0.332 e. The number of rotatable bonds is 2. The van der Waals surface area contributed by atoms with Crippen molar-refractivity contribution >= 4 is 12.0 Å². The first-order valence-electron chi connectivity index (χ1n) is 6.88. The third kappa shape index (κ3) is 2.68. The van der Waals surface area contributed by atoms with E-state index in [1.165, 1.54) is 0 Å². The number of carboxylic acid groups (broad SMARTS) is 1. The molecule has 2 aliphatic heterocycles. The number of hydrogen-bond acceptors (Lipinski definition) is 3. The molecule has 2 N–H and O–H groups in total. The molecule has 2 rings (SSSR count). The Morgan fingerprint density at radius 3 is 2.42 bits per heavy atom. The molecule has 19 heavy (non-hydrogen) atoms. The number of carbonyl (C=O) groups excluding carboxylic acids is 1. The van der Waals surface area contributed by atoms with Crippen LogP contribution in [0, 0.1) is 0 Å². The lowest BCUT2D eigenvalue weighted by molar-refractivity contribution is -0.144. The van der Waals surface area contributed by atoms with Gasteiger partial charge < -0.3 is 20.1 Å². The summed E-state index contributed by atoms with van der Waals surface area (Å²) in [4.78, 5) is 25.5. The van der Waals surface area contributed by atoms with Crippen molar-refractivity contribution < 1.29 is 19.4 Å². The van der Waals surface area contributed by atoms with E-state index in [9.17, 15) is 14.7 Å². The molecule has 0 aromatic carbocycles. The minimum absolute atomic E-state index is 0.0463.